The first kappa shape index (κ1) is 18.9. The maximum absolute atomic E-state index is 14.3. The molecule has 1 saturated heterocycles. The van der Waals surface area contributed by atoms with Gasteiger partial charge in [-0.25, -0.2) is 0 Å². The molecular formula is C22H20FN3O3. The van der Waals surface area contributed by atoms with Gasteiger partial charge in [0.05, 0.1) is 5.56 Å². The summed E-state index contributed by atoms with van der Waals surface area (Å²) >= 11 is 0. The third-order valence-corrected chi connectivity index (χ3v) is 5.28. The summed E-state index contributed by atoms with van der Waals surface area (Å²) < 4.78 is 14.3. The maximum atomic E-state index is 14.3. The molecule has 0 aliphatic carbocycles. The number of hydrogen-bond acceptors (Lipinski definition) is 3. The second-order valence-corrected chi connectivity index (χ2v) is 7.15. The van der Waals surface area contributed by atoms with Gasteiger partial charge in [-0.05, 0) is 25.1 Å². The van der Waals surface area contributed by atoms with Gasteiger partial charge >= 0.3 is 0 Å². The topological polar surface area (TPSA) is 73.5 Å². The number of carbonyl (C=O) groups excluding carboxylic acids is 3. The Bertz CT molecular complexity index is 1090. The van der Waals surface area contributed by atoms with Crippen LogP contribution in [0.25, 0.3) is 10.9 Å². The molecule has 0 unspecified atom stereocenters. The Balaban J connectivity index is 1.51. The number of rotatable bonds is 3. The van der Waals surface area contributed by atoms with Crippen LogP contribution < -0.4 is 0 Å². The molecule has 0 spiro atoms. The van der Waals surface area contributed by atoms with Crippen LogP contribution in [0.15, 0.2) is 54.6 Å². The molecule has 1 aliphatic rings. The number of hydrogen-bond donors (Lipinski definition) is 1. The van der Waals surface area contributed by atoms with E-state index in [0.717, 1.165) is 0 Å². The molecule has 2 amide bonds. The lowest BCUT2D eigenvalue weighted by molar-refractivity contribution is -0.130. The van der Waals surface area contributed by atoms with Gasteiger partial charge in [-0.15, -0.1) is 0 Å². The summed E-state index contributed by atoms with van der Waals surface area (Å²) in [5.74, 6) is -2.56. The smallest absolute Gasteiger partial charge is 0.295 e. The van der Waals surface area contributed by atoms with E-state index in [2.05, 4.69) is 4.98 Å². The zero-order valence-electron chi connectivity index (χ0n) is 15.9. The fourth-order valence-corrected chi connectivity index (χ4v) is 3.78. The van der Waals surface area contributed by atoms with Gasteiger partial charge < -0.3 is 14.8 Å². The monoisotopic (exact) mass is 393 g/mol. The van der Waals surface area contributed by atoms with Gasteiger partial charge in [0.15, 0.2) is 0 Å². The second-order valence-electron chi connectivity index (χ2n) is 7.15. The minimum absolute atomic E-state index is 0.112. The number of ketones is 1. The summed E-state index contributed by atoms with van der Waals surface area (Å²) in [6.45, 7) is 2.62. The number of fused-ring (bicyclic) bond motifs is 1. The van der Waals surface area contributed by atoms with E-state index in [-0.39, 0.29) is 24.1 Å². The zero-order chi connectivity index (χ0) is 20.5. The van der Waals surface area contributed by atoms with E-state index in [1.807, 2.05) is 6.07 Å². The van der Waals surface area contributed by atoms with Gasteiger partial charge in [-0.1, -0.05) is 36.4 Å². The number of para-hydroxylation sites is 1. The first-order valence-corrected chi connectivity index (χ1v) is 9.43. The van der Waals surface area contributed by atoms with E-state index < -0.39 is 17.6 Å². The molecule has 7 heteroatoms. The number of nitrogens with one attached hydrogen (secondary N) is 1. The van der Waals surface area contributed by atoms with Crippen LogP contribution in [0, 0.1) is 5.95 Å². The quantitative estimate of drug-likeness (QED) is 0.549. The van der Waals surface area contributed by atoms with Crippen LogP contribution in [-0.2, 0) is 4.79 Å². The number of benzene rings is 2. The van der Waals surface area contributed by atoms with Crippen LogP contribution in [0.2, 0.25) is 0 Å². The largest absolute Gasteiger partial charge is 0.335 e. The van der Waals surface area contributed by atoms with Crippen molar-refractivity contribution in [1.29, 1.82) is 0 Å². The minimum atomic E-state index is -0.880. The molecule has 0 bridgehead atoms. The number of carbonyl (C=O) groups is 3. The summed E-state index contributed by atoms with van der Waals surface area (Å²) in [4.78, 5) is 43.9. The highest BCUT2D eigenvalue weighted by Crippen LogP contribution is 2.23. The number of H-pyrrole nitrogens is 1. The molecule has 3 aromatic rings. The Hall–Kier alpha value is -3.48. The normalized spacial score (nSPS) is 16.8. The van der Waals surface area contributed by atoms with Gasteiger partial charge in [0.1, 0.15) is 0 Å². The SMILES string of the molecule is C[C@H]1CN(C(=O)c2ccccc2)CCN1C(=O)C(=O)c1c(F)[nH]c2ccccc12. The van der Waals surface area contributed by atoms with Crippen molar-refractivity contribution in [2.75, 3.05) is 19.6 Å². The fraction of sp³-hybridized carbons (Fsp3) is 0.227. The molecule has 2 aromatic carbocycles. The van der Waals surface area contributed by atoms with Gasteiger partial charge in [0.2, 0.25) is 5.95 Å². The summed E-state index contributed by atoms with van der Waals surface area (Å²) in [5, 5.41) is 0.383. The lowest BCUT2D eigenvalue weighted by Crippen LogP contribution is -2.56. The lowest BCUT2D eigenvalue weighted by atomic mass is 10.1. The van der Waals surface area contributed by atoms with E-state index in [9.17, 15) is 18.8 Å². The Morgan fingerprint density at radius 2 is 1.69 bits per heavy atom. The molecule has 148 valence electrons. The predicted octanol–water partition coefficient (Wildman–Crippen LogP) is 2.86. The van der Waals surface area contributed by atoms with Crippen molar-refractivity contribution >= 4 is 28.5 Å². The van der Waals surface area contributed by atoms with Gasteiger partial charge in [-0.3, -0.25) is 14.4 Å². The number of Topliss-reactive ketones (excluding diaryl/α,β-unsaturated/α-hetero) is 1. The van der Waals surface area contributed by atoms with Crippen molar-refractivity contribution in [2.45, 2.75) is 13.0 Å². The Morgan fingerprint density at radius 3 is 2.41 bits per heavy atom. The van der Waals surface area contributed by atoms with E-state index >= 15 is 0 Å². The average molecular weight is 393 g/mol. The number of halogens is 1. The van der Waals surface area contributed by atoms with E-state index in [0.29, 0.717) is 29.6 Å². The number of nitrogens with zero attached hydrogens (tertiary/aromatic N) is 2. The first-order valence-electron chi connectivity index (χ1n) is 9.43. The molecule has 1 aliphatic heterocycles. The van der Waals surface area contributed by atoms with E-state index in [1.165, 1.54) is 4.90 Å². The summed E-state index contributed by atoms with van der Waals surface area (Å²) in [5.41, 5.74) is 0.810. The molecule has 1 aromatic heterocycles. The Labute approximate surface area is 166 Å². The van der Waals surface area contributed by atoms with Crippen LogP contribution in [0.5, 0.6) is 0 Å². The number of aromatic nitrogens is 1. The second kappa shape index (κ2) is 7.50. The molecule has 4 rings (SSSR count). The summed E-state index contributed by atoms with van der Waals surface area (Å²) in [6, 6.07) is 15.2. The van der Waals surface area contributed by atoms with Crippen LogP contribution in [0.3, 0.4) is 0 Å². The van der Waals surface area contributed by atoms with Gasteiger partial charge in [0, 0.05) is 42.1 Å². The molecule has 1 N–H and O–H groups in total. The van der Waals surface area contributed by atoms with Crippen LogP contribution in [0.1, 0.15) is 27.6 Å². The number of piperazine rings is 1. The average Bonchev–Trinajstić information content (AvgIpc) is 3.08. The highest BCUT2D eigenvalue weighted by atomic mass is 19.1. The summed E-state index contributed by atoms with van der Waals surface area (Å²) in [6.07, 6.45) is 0. The third kappa shape index (κ3) is 3.40. The molecule has 0 saturated carbocycles. The molecule has 2 heterocycles. The standard InChI is InChI=1S/C22H20FN3O3/c1-14-13-25(21(28)15-7-3-2-4-8-15)11-12-26(14)22(29)19(27)18-16-9-5-6-10-17(16)24-20(18)23/h2-10,14,24H,11-13H2,1H3/t14-/m0/s1. The van der Waals surface area contributed by atoms with Crippen LogP contribution in [-0.4, -0.2) is 58.1 Å². The van der Waals surface area contributed by atoms with Crippen molar-refractivity contribution in [1.82, 2.24) is 14.8 Å². The Morgan fingerprint density at radius 1 is 1.00 bits per heavy atom. The zero-order valence-corrected chi connectivity index (χ0v) is 15.9. The van der Waals surface area contributed by atoms with Crippen LogP contribution >= 0.6 is 0 Å². The van der Waals surface area contributed by atoms with E-state index in [4.69, 9.17) is 0 Å². The van der Waals surface area contributed by atoms with Crippen molar-refractivity contribution in [2.24, 2.45) is 0 Å². The van der Waals surface area contributed by atoms with E-state index in [1.54, 1.807) is 60.4 Å². The molecule has 1 fully saturated rings. The van der Waals surface area contributed by atoms with Crippen molar-refractivity contribution in [3.8, 4) is 0 Å². The molecular weight excluding hydrogens is 373 g/mol. The number of aromatic amines is 1. The Kier molecular flexibility index (Phi) is 4.88. The minimum Gasteiger partial charge on any atom is -0.335 e. The first-order chi connectivity index (χ1) is 14.0. The lowest BCUT2D eigenvalue weighted by Gasteiger charge is -2.39. The molecule has 0 radical (unpaired) electrons. The predicted molar refractivity (Wildman–Crippen MR) is 106 cm³/mol. The maximum Gasteiger partial charge on any atom is 0.295 e. The van der Waals surface area contributed by atoms with Gasteiger partial charge in [0.25, 0.3) is 17.6 Å². The molecule has 6 nitrogen and oxygen atoms in total. The van der Waals surface area contributed by atoms with Crippen LogP contribution in [0.4, 0.5) is 4.39 Å². The van der Waals surface area contributed by atoms with Crippen molar-refractivity contribution in [3.63, 3.8) is 0 Å². The third-order valence-electron chi connectivity index (χ3n) is 5.28. The fourth-order valence-electron chi connectivity index (χ4n) is 3.78. The highest BCUT2D eigenvalue weighted by Gasteiger charge is 2.35. The highest BCUT2D eigenvalue weighted by molar-refractivity contribution is 6.45. The van der Waals surface area contributed by atoms with Crippen molar-refractivity contribution in [3.05, 3.63) is 71.7 Å². The van der Waals surface area contributed by atoms with Crippen molar-refractivity contribution < 1.29 is 18.8 Å². The molecule has 1 atom stereocenters. The summed E-state index contributed by atoms with van der Waals surface area (Å²) in [7, 11) is 0. The molecule has 29 heavy (non-hydrogen) atoms. The number of amides is 2. The van der Waals surface area contributed by atoms with Gasteiger partial charge in [-0.2, -0.15) is 4.39 Å².